The van der Waals surface area contributed by atoms with Crippen LogP contribution in [-0.4, -0.2) is 45.1 Å². The van der Waals surface area contributed by atoms with Crippen LogP contribution >= 0.6 is 0 Å². The summed E-state index contributed by atoms with van der Waals surface area (Å²) in [6, 6.07) is 1.53. The Morgan fingerprint density at radius 3 is 2.80 bits per heavy atom. The van der Waals surface area contributed by atoms with Crippen molar-refractivity contribution in [1.29, 1.82) is 0 Å². The molecule has 1 saturated heterocycles. The van der Waals surface area contributed by atoms with Gasteiger partial charge in [-0.25, -0.2) is 0 Å². The molecular formula is C17H17F2N3O2V. The van der Waals surface area contributed by atoms with E-state index in [-0.39, 0.29) is 10.9 Å². The van der Waals surface area contributed by atoms with Crippen LogP contribution in [0.3, 0.4) is 0 Å². The first kappa shape index (κ1) is 19.2. The summed E-state index contributed by atoms with van der Waals surface area (Å²) in [4.78, 5) is 29.6. The molecule has 0 spiro atoms. The Kier molecular flexibility index (Phi) is 6.03. The summed E-state index contributed by atoms with van der Waals surface area (Å²) >= 11 is 1.99. The molecule has 5 nitrogen and oxygen atoms in total. The predicted octanol–water partition coefficient (Wildman–Crippen LogP) is 2.03. The van der Waals surface area contributed by atoms with Crippen LogP contribution in [0.25, 0.3) is 12.2 Å². The number of halogens is 2. The topological polar surface area (TPSA) is 62.3 Å². The molecule has 0 bridgehead atoms. The van der Waals surface area contributed by atoms with E-state index in [9.17, 15) is 18.4 Å². The van der Waals surface area contributed by atoms with E-state index < -0.39 is 30.7 Å². The number of hydrogen-bond acceptors (Lipinski definition) is 3. The Balaban J connectivity index is 2.10. The van der Waals surface area contributed by atoms with Gasteiger partial charge in [0.25, 0.3) is 0 Å². The number of hydrogen-bond donors (Lipinski definition) is 1. The molecule has 1 aliphatic rings. The van der Waals surface area contributed by atoms with Gasteiger partial charge < -0.3 is 0 Å². The second-order valence-corrected chi connectivity index (χ2v) is 6.28. The molecule has 1 fully saturated rings. The average molecular weight is 384 g/mol. The third-order valence-electron chi connectivity index (χ3n) is 3.61. The van der Waals surface area contributed by atoms with E-state index in [0.717, 1.165) is 4.90 Å². The number of alkyl halides is 2. The minimum absolute atomic E-state index is 0.240. The van der Waals surface area contributed by atoms with Crippen LogP contribution in [0.2, 0.25) is 0 Å². The number of likely N-dealkylation sites (tertiary alicyclic amines) is 1. The van der Waals surface area contributed by atoms with Crippen molar-refractivity contribution in [3.8, 4) is 0 Å². The SMILES string of the molecule is C=Cc1nccc(C(=O)NCC(=O)N2CC(F)(F)C[C]2=[V])c1/C=C\C. The molecule has 0 aromatic carbocycles. The van der Waals surface area contributed by atoms with Gasteiger partial charge >= 0.3 is 153 Å². The number of pyridine rings is 1. The molecule has 0 radical (unpaired) electrons. The Morgan fingerprint density at radius 1 is 1.52 bits per heavy atom. The monoisotopic (exact) mass is 384 g/mol. The van der Waals surface area contributed by atoms with Crippen molar-refractivity contribution in [2.24, 2.45) is 0 Å². The molecule has 1 aromatic rings. The van der Waals surface area contributed by atoms with Crippen molar-refractivity contribution in [3.63, 3.8) is 0 Å². The summed E-state index contributed by atoms with van der Waals surface area (Å²) in [6.07, 6.45) is 6.01. The van der Waals surface area contributed by atoms with Crippen molar-refractivity contribution in [3.05, 3.63) is 41.7 Å². The molecule has 2 rings (SSSR count). The molecular weight excluding hydrogens is 367 g/mol. The first-order valence-electron chi connectivity index (χ1n) is 7.54. The Bertz CT molecular complexity index is 762. The first-order valence-corrected chi connectivity index (χ1v) is 8.24. The standard InChI is InChI=1S/C17H17F2N3O2.V/c1-3-5-12-13(6-8-20-14(12)4-2)16(24)21-10-15(23)22-9-7-17(18,19)11-22;/h3-6,8H,2,7,10-11H2,1H3,(H,21,24);/b5-3-;. The first-order chi connectivity index (χ1) is 11.8. The van der Waals surface area contributed by atoms with E-state index in [2.05, 4.69) is 16.9 Å². The number of carbonyl (C=O) groups is 2. The second kappa shape index (κ2) is 7.84. The van der Waals surface area contributed by atoms with E-state index in [1.165, 1.54) is 18.3 Å². The predicted molar refractivity (Wildman–Crippen MR) is 87.7 cm³/mol. The maximum absolute atomic E-state index is 13.4. The number of allylic oxidation sites excluding steroid dienone is 1. The fourth-order valence-corrected chi connectivity index (χ4v) is 3.12. The number of aromatic nitrogens is 1. The van der Waals surface area contributed by atoms with Gasteiger partial charge in [0.2, 0.25) is 0 Å². The third-order valence-corrected chi connectivity index (χ3v) is 4.24. The van der Waals surface area contributed by atoms with Gasteiger partial charge in [-0.1, -0.05) is 0 Å². The van der Waals surface area contributed by atoms with Gasteiger partial charge in [-0.3, -0.25) is 0 Å². The molecule has 0 unspecified atom stereocenters. The quantitative estimate of drug-likeness (QED) is 0.845. The molecule has 2 amide bonds. The normalized spacial score (nSPS) is 16.2. The molecule has 131 valence electrons. The van der Waals surface area contributed by atoms with Gasteiger partial charge in [0, 0.05) is 0 Å². The molecule has 1 aliphatic heterocycles. The number of amides is 2. The van der Waals surface area contributed by atoms with E-state index in [0.29, 0.717) is 16.8 Å². The van der Waals surface area contributed by atoms with Crippen molar-refractivity contribution >= 4 is 28.3 Å². The third kappa shape index (κ3) is 4.49. The van der Waals surface area contributed by atoms with Crippen LogP contribution in [-0.2, 0) is 21.8 Å². The van der Waals surface area contributed by atoms with E-state index >= 15 is 0 Å². The van der Waals surface area contributed by atoms with Crippen LogP contribution in [0.4, 0.5) is 8.78 Å². The van der Waals surface area contributed by atoms with Crippen molar-refractivity contribution in [2.45, 2.75) is 19.3 Å². The number of rotatable bonds is 5. The molecule has 1 aromatic heterocycles. The molecule has 0 atom stereocenters. The van der Waals surface area contributed by atoms with Crippen molar-refractivity contribution in [1.82, 2.24) is 15.2 Å². The summed E-state index contributed by atoms with van der Waals surface area (Å²) < 4.78 is 26.9. The number of nitrogens with one attached hydrogen (secondary N) is 1. The Hall–Kier alpha value is -2.12. The van der Waals surface area contributed by atoms with Gasteiger partial charge in [0.15, 0.2) is 0 Å². The average Bonchev–Trinajstić information content (AvgIpc) is 2.85. The summed E-state index contributed by atoms with van der Waals surface area (Å²) in [6.45, 7) is 4.43. The molecule has 25 heavy (non-hydrogen) atoms. The fourth-order valence-electron chi connectivity index (χ4n) is 2.48. The Labute approximate surface area is 153 Å². The van der Waals surface area contributed by atoms with Crippen LogP contribution in [0.15, 0.2) is 24.9 Å². The number of carbonyl (C=O) groups excluding carboxylic acids is 2. The zero-order chi connectivity index (χ0) is 18.6. The van der Waals surface area contributed by atoms with E-state index in [1.807, 2.05) is 17.0 Å². The van der Waals surface area contributed by atoms with E-state index in [4.69, 9.17) is 0 Å². The maximum atomic E-state index is 13.4. The molecule has 0 aliphatic carbocycles. The van der Waals surface area contributed by atoms with Gasteiger partial charge in [-0.05, 0) is 0 Å². The minimum atomic E-state index is -2.93. The van der Waals surface area contributed by atoms with Crippen molar-refractivity contribution in [2.75, 3.05) is 13.1 Å². The van der Waals surface area contributed by atoms with Gasteiger partial charge in [0.05, 0.1) is 0 Å². The van der Waals surface area contributed by atoms with E-state index in [1.54, 1.807) is 19.1 Å². The molecule has 0 saturated carbocycles. The van der Waals surface area contributed by atoms with Crippen molar-refractivity contribution < 1.29 is 35.3 Å². The van der Waals surface area contributed by atoms with Crippen LogP contribution in [0.1, 0.15) is 35.0 Å². The zero-order valence-corrected chi connectivity index (χ0v) is 15.0. The number of nitrogens with zero attached hydrogens (tertiary/aromatic N) is 2. The summed E-state index contributed by atoms with van der Waals surface area (Å²) in [5.41, 5.74) is 1.45. The Morgan fingerprint density at radius 2 is 2.24 bits per heavy atom. The summed E-state index contributed by atoms with van der Waals surface area (Å²) in [5, 5.41) is 2.48. The zero-order valence-electron chi connectivity index (χ0n) is 13.6. The van der Waals surface area contributed by atoms with Gasteiger partial charge in [-0.15, -0.1) is 0 Å². The molecule has 1 N–H and O–H groups in total. The molecule has 8 heteroatoms. The van der Waals surface area contributed by atoms with Gasteiger partial charge in [0.1, 0.15) is 0 Å². The van der Waals surface area contributed by atoms with Gasteiger partial charge in [-0.2, -0.15) is 0 Å². The van der Waals surface area contributed by atoms with Crippen LogP contribution in [0.5, 0.6) is 0 Å². The summed E-state index contributed by atoms with van der Waals surface area (Å²) in [7, 11) is 0. The molecule has 2 heterocycles. The van der Waals surface area contributed by atoms with Crippen LogP contribution < -0.4 is 5.32 Å². The second-order valence-electron chi connectivity index (χ2n) is 5.47. The summed E-state index contributed by atoms with van der Waals surface area (Å²) in [5.74, 6) is -3.98. The fraction of sp³-hybridized carbons (Fsp3) is 0.294. The van der Waals surface area contributed by atoms with Crippen LogP contribution in [0, 0.1) is 0 Å².